The van der Waals surface area contributed by atoms with Crippen LogP contribution in [0.15, 0.2) is 195 Å². The van der Waals surface area contributed by atoms with E-state index in [0.29, 0.717) is 11.6 Å². The van der Waals surface area contributed by atoms with Crippen molar-refractivity contribution in [3.05, 3.63) is 206 Å². The van der Waals surface area contributed by atoms with Crippen LogP contribution in [0, 0.1) is 0 Å². The fraction of sp³-hybridized carbons (Fsp3) is 0.111. The normalized spacial score (nSPS) is 11.9. The molecule has 0 radical (unpaired) electrons. The van der Waals surface area contributed by atoms with Gasteiger partial charge in [0.05, 0.1) is 22.8 Å². The molecule has 0 saturated carbocycles. The number of imidazole rings is 4. The van der Waals surface area contributed by atoms with Crippen LogP contribution < -0.4 is 0 Å². The van der Waals surface area contributed by atoms with Gasteiger partial charge in [-0.25, -0.2) is 19.9 Å². The summed E-state index contributed by atoms with van der Waals surface area (Å²) in [7, 11) is 0. The molecular formula is C54H46N8. The average Bonchev–Trinajstić information content (AvgIpc) is 4.18. The Morgan fingerprint density at radius 2 is 0.694 bits per heavy atom. The highest BCUT2D eigenvalue weighted by atomic mass is 15.1. The molecule has 0 aliphatic heterocycles. The van der Waals surface area contributed by atoms with Crippen molar-refractivity contribution < 1.29 is 0 Å². The number of para-hydroxylation sites is 2. The standard InChI is InChI=1S/C54H46N8/c1-53(2,45-35-61(51(59-45)49-55-31-32-56-49)47-41(37-19-9-5-10-20-37)27-17-28-42(47)38-21-11-6-12-22-38)54(3,4)46-36-62(52(60-46)50-57-33-34-58-50)48-43(39-23-13-7-14-24-39)29-18-30-44(48)40-25-15-8-16-26-40/h5-36H,1-4H3,(H,55,56)(H,57,58). The molecule has 0 spiro atoms. The number of rotatable bonds is 11. The number of hydrogen-bond acceptors (Lipinski definition) is 4. The summed E-state index contributed by atoms with van der Waals surface area (Å²) in [6.45, 7) is 9.08. The lowest BCUT2D eigenvalue weighted by Gasteiger charge is -2.39. The predicted molar refractivity (Wildman–Crippen MR) is 250 cm³/mol. The van der Waals surface area contributed by atoms with E-state index in [4.69, 9.17) is 19.9 Å². The topological polar surface area (TPSA) is 93.0 Å². The lowest BCUT2D eigenvalue weighted by molar-refractivity contribution is 0.290. The van der Waals surface area contributed by atoms with E-state index in [-0.39, 0.29) is 0 Å². The molecule has 0 aliphatic rings. The molecule has 302 valence electrons. The van der Waals surface area contributed by atoms with Crippen LogP contribution in [0.5, 0.6) is 0 Å². The van der Waals surface area contributed by atoms with Crippen LogP contribution in [-0.4, -0.2) is 39.0 Å². The molecule has 4 aromatic heterocycles. The molecule has 2 N–H and O–H groups in total. The summed E-state index contributed by atoms with van der Waals surface area (Å²) < 4.78 is 4.46. The third kappa shape index (κ3) is 6.66. The lowest BCUT2D eigenvalue weighted by atomic mass is 9.64. The molecule has 8 nitrogen and oxygen atoms in total. The quantitative estimate of drug-likeness (QED) is 0.136. The van der Waals surface area contributed by atoms with Gasteiger partial charge in [-0.15, -0.1) is 0 Å². The molecule has 0 atom stereocenters. The Bertz CT molecular complexity index is 2760. The first-order valence-electron chi connectivity index (χ1n) is 21.0. The molecule has 62 heavy (non-hydrogen) atoms. The minimum absolute atomic E-state index is 0.574. The maximum atomic E-state index is 5.52. The van der Waals surface area contributed by atoms with Gasteiger partial charge in [-0.2, -0.15) is 0 Å². The number of nitrogens with zero attached hydrogens (tertiary/aromatic N) is 6. The van der Waals surface area contributed by atoms with Gasteiger partial charge in [0.2, 0.25) is 0 Å². The number of aromatic amines is 2. The maximum Gasteiger partial charge on any atom is 0.181 e. The zero-order chi connectivity index (χ0) is 42.3. The molecule has 0 amide bonds. The van der Waals surface area contributed by atoms with Gasteiger partial charge in [0, 0.05) is 70.3 Å². The van der Waals surface area contributed by atoms with Crippen LogP contribution in [-0.2, 0) is 10.8 Å². The number of benzene rings is 6. The SMILES string of the molecule is CC(C)(c1cn(-c2c(-c3ccccc3)cccc2-c2ccccc2)c(-c2ncc[nH]2)n1)C(C)(C)c1cn(-c2c(-c3ccccc3)cccc2-c2ccccc2)c(-c2ncc[nH]2)n1. The van der Waals surface area contributed by atoms with E-state index < -0.39 is 10.8 Å². The van der Waals surface area contributed by atoms with E-state index in [9.17, 15) is 0 Å². The van der Waals surface area contributed by atoms with Gasteiger partial charge >= 0.3 is 0 Å². The van der Waals surface area contributed by atoms with Crippen molar-refractivity contribution in [2.45, 2.75) is 38.5 Å². The van der Waals surface area contributed by atoms with Gasteiger partial charge in [0.15, 0.2) is 23.3 Å². The summed E-state index contributed by atoms with van der Waals surface area (Å²) in [4.78, 5) is 27.3. The Balaban J connectivity index is 1.18. The second-order valence-corrected chi connectivity index (χ2v) is 16.6. The van der Waals surface area contributed by atoms with Gasteiger partial charge in [-0.3, -0.25) is 9.13 Å². The molecule has 0 fully saturated rings. The van der Waals surface area contributed by atoms with Crippen molar-refractivity contribution in [2.75, 3.05) is 0 Å². The first-order valence-corrected chi connectivity index (χ1v) is 21.0. The summed E-state index contributed by atoms with van der Waals surface area (Å²) in [6.07, 6.45) is 11.7. The van der Waals surface area contributed by atoms with Crippen LogP contribution >= 0.6 is 0 Å². The van der Waals surface area contributed by atoms with Crippen molar-refractivity contribution in [1.82, 2.24) is 39.0 Å². The number of hydrogen-bond donors (Lipinski definition) is 2. The van der Waals surface area contributed by atoms with E-state index in [0.717, 1.165) is 78.9 Å². The van der Waals surface area contributed by atoms with Crippen LogP contribution in [0.25, 0.3) is 79.2 Å². The Hall–Kier alpha value is -7.84. The van der Waals surface area contributed by atoms with Gasteiger partial charge < -0.3 is 9.97 Å². The zero-order valence-electron chi connectivity index (χ0n) is 35.2. The van der Waals surface area contributed by atoms with Crippen LogP contribution in [0.2, 0.25) is 0 Å². The van der Waals surface area contributed by atoms with E-state index in [1.807, 2.05) is 12.4 Å². The monoisotopic (exact) mass is 806 g/mol. The second kappa shape index (κ2) is 15.6. The highest BCUT2D eigenvalue weighted by Crippen LogP contribution is 2.47. The third-order valence-corrected chi connectivity index (χ3v) is 12.6. The molecule has 10 aromatic rings. The van der Waals surface area contributed by atoms with Gasteiger partial charge in [0.1, 0.15) is 0 Å². The van der Waals surface area contributed by atoms with Gasteiger partial charge in [-0.05, 0) is 22.3 Å². The summed E-state index contributed by atoms with van der Waals surface area (Å²) >= 11 is 0. The van der Waals surface area contributed by atoms with Crippen molar-refractivity contribution in [3.8, 4) is 79.2 Å². The molecule has 0 saturated heterocycles. The number of nitrogens with one attached hydrogen (secondary N) is 2. The van der Waals surface area contributed by atoms with Crippen molar-refractivity contribution in [1.29, 1.82) is 0 Å². The Morgan fingerprint density at radius 1 is 0.387 bits per heavy atom. The average molecular weight is 807 g/mol. The first-order chi connectivity index (χ1) is 30.3. The van der Waals surface area contributed by atoms with Crippen molar-refractivity contribution in [2.24, 2.45) is 0 Å². The Kier molecular flexibility index (Phi) is 9.68. The van der Waals surface area contributed by atoms with Crippen LogP contribution in [0.1, 0.15) is 39.1 Å². The molecule has 0 aliphatic carbocycles. The molecule has 8 heteroatoms. The largest absolute Gasteiger partial charge is 0.342 e. The van der Waals surface area contributed by atoms with Crippen LogP contribution in [0.4, 0.5) is 0 Å². The molecule has 0 bridgehead atoms. The predicted octanol–water partition coefficient (Wildman–Crippen LogP) is 12.8. The molecule has 6 aromatic carbocycles. The smallest absolute Gasteiger partial charge is 0.181 e. The van der Waals surface area contributed by atoms with E-state index in [2.05, 4.69) is 217 Å². The Morgan fingerprint density at radius 3 is 0.968 bits per heavy atom. The van der Waals surface area contributed by atoms with Gasteiger partial charge in [-0.1, -0.05) is 185 Å². The number of H-pyrrole nitrogens is 2. The summed E-state index contributed by atoms with van der Waals surface area (Å²) in [5.41, 5.74) is 11.5. The highest BCUT2D eigenvalue weighted by Gasteiger charge is 2.45. The van der Waals surface area contributed by atoms with Crippen LogP contribution in [0.3, 0.4) is 0 Å². The van der Waals surface area contributed by atoms with Crippen molar-refractivity contribution in [3.63, 3.8) is 0 Å². The minimum atomic E-state index is -0.574. The maximum absolute atomic E-state index is 5.52. The molecule has 10 rings (SSSR count). The molecule has 4 heterocycles. The van der Waals surface area contributed by atoms with Crippen molar-refractivity contribution >= 4 is 0 Å². The fourth-order valence-electron chi connectivity index (χ4n) is 8.46. The van der Waals surface area contributed by atoms with E-state index in [1.165, 1.54) is 0 Å². The highest BCUT2D eigenvalue weighted by molar-refractivity contribution is 5.88. The summed E-state index contributed by atoms with van der Waals surface area (Å²) in [5.74, 6) is 2.81. The summed E-state index contributed by atoms with van der Waals surface area (Å²) in [5, 5.41) is 0. The van der Waals surface area contributed by atoms with E-state index in [1.54, 1.807) is 12.4 Å². The lowest BCUT2D eigenvalue weighted by Crippen LogP contribution is -2.41. The third-order valence-electron chi connectivity index (χ3n) is 12.6. The van der Waals surface area contributed by atoms with E-state index >= 15 is 0 Å². The second-order valence-electron chi connectivity index (χ2n) is 16.6. The number of aromatic nitrogens is 8. The Labute approximate surface area is 361 Å². The van der Waals surface area contributed by atoms with Gasteiger partial charge in [0.25, 0.3) is 0 Å². The summed E-state index contributed by atoms with van der Waals surface area (Å²) in [6, 6.07) is 55.3. The minimum Gasteiger partial charge on any atom is -0.342 e. The molecule has 0 unspecified atom stereocenters. The fourth-order valence-corrected chi connectivity index (χ4v) is 8.46. The first kappa shape index (κ1) is 38.4. The molecular weight excluding hydrogens is 761 g/mol. The zero-order valence-corrected chi connectivity index (χ0v) is 35.2.